The molecule has 37 heavy (non-hydrogen) atoms. The Bertz CT molecular complexity index is 1440. The van der Waals surface area contributed by atoms with Gasteiger partial charge in [0.1, 0.15) is 0 Å². The summed E-state index contributed by atoms with van der Waals surface area (Å²) in [6.07, 6.45) is 4.58. The van der Waals surface area contributed by atoms with Crippen LogP contribution in [-0.4, -0.2) is 41.3 Å². The summed E-state index contributed by atoms with van der Waals surface area (Å²) in [5.41, 5.74) is 6.36. The van der Waals surface area contributed by atoms with E-state index in [1.807, 2.05) is 25.1 Å². The third kappa shape index (κ3) is 3.81. The summed E-state index contributed by atoms with van der Waals surface area (Å²) < 4.78 is 0. The quantitative estimate of drug-likeness (QED) is 0.320. The number of para-hydroxylation sites is 1. The lowest BCUT2D eigenvalue weighted by atomic mass is 9.65. The zero-order valence-corrected chi connectivity index (χ0v) is 22.6. The molecule has 2 aliphatic rings. The third-order valence-electron chi connectivity index (χ3n) is 8.99. The number of benzene rings is 3. The number of aromatic nitrogens is 1. The van der Waals surface area contributed by atoms with Crippen molar-refractivity contribution >= 4 is 28.4 Å². The molecule has 0 bridgehead atoms. The molecule has 1 N–H and O–H groups in total. The Morgan fingerprint density at radius 3 is 2.35 bits per heavy atom. The van der Waals surface area contributed by atoms with Crippen LogP contribution in [0.2, 0.25) is 5.02 Å². The van der Waals surface area contributed by atoms with Gasteiger partial charge in [-0.2, -0.15) is 0 Å². The van der Waals surface area contributed by atoms with Gasteiger partial charge >= 0.3 is 0 Å². The lowest BCUT2D eigenvalue weighted by molar-refractivity contribution is -0.0141. The summed E-state index contributed by atoms with van der Waals surface area (Å²) in [5, 5.41) is 1.90. The number of carbonyl (C=O) groups excluding carboxylic acids is 1. The van der Waals surface area contributed by atoms with Crippen LogP contribution in [0.1, 0.15) is 58.4 Å². The molecule has 1 aliphatic carbocycles. The van der Waals surface area contributed by atoms with E-state index in [1.165, 1.54) is 22.2 Å². The molecule has 0 atom stereocenters. The van der Waals surface area contributed by atoms with Crippen molar-refractivity contribution in [2.45, 2.75) is 50.1 Å². The number of nitrogens with zero attached hydrogens (tertiary/aromatic N) is 2. The van der Waals surface area contributed by atoms with E-state index in [1.54, 1.807) is 0 Å². The highest BCUT2D eigenvalue weighted by atomic mass is 35.5. The van der Waals surface area contributed by atoms with Crippen molar-refractivity contribution < 1.29 is 4.79 Å². The Hall–Kier alpha value is -3.08. The average molecular weight is 512 g/mol. The van der Waals surface area contributed by atoms with Crippen LogP contribution in [0.4, 0.5) is 0 Å². The summed E-state index contributed by atoms with van der Waals surface area (Å²) in [5.74, 6) is 0.0759. The Morgan fingerprint density at radius 1 is 0.946 bits per heavy atom. The molecule has 0 unspecified atom stereocenters. The average Bonchev–Trinajstić information content (AvgIpc) is 3.29. The van der Waals surface area contributed by atoms with E-state index in [0.29, 0.717) is 17.1 Å². The molecule has 1 spiro atoms. The van der Waals surface area contributed by atoms with E-state index >= 15 is 0 Å². The monoisotopic (exact) mass is 511 g/mol. The fraction of sp³-hybridized carbons (Fsp3) is 0.344. The Balaban J connectivity index is 1.47. The molecule has 1 aliphatic heterocycles. The molecule has 1 fully saturated rings. The highest BCUT2D eigenvalue weighted by molar-refractivity contribution is 6.31. The molecule has 1 saturated carbocycles. The zero-order chi connectivity index (χ0) is 25.8. The first-order valence-corrected chi connectivity index (χ1v) is 13.6. The van der Waals surface area contributed by atoms with Gasteiger partial charge in [-0.25, -0.2) is 0 Å². The van der Waals surface area contributed by atoms with Crippen molar-refractivity contribution in [2.75, 3.05) is 20.6 Å². The smallest absolute Gasteiger partial charge is 0.254 e. The van der Waals surface area contributed by atoms with Crippen molar-refractivity contribution in [3.05, 3.63) is 106 Å². The second-order valence-corrected chi connectivity index (χ2v) is 11.5. The van der Waals surface area contributed by atoms with Crippen molar-refractivity contribution in [1.82, 2.24) is 14.8 Å². The van der Waals surface area contributed by atoms with Crippen LogP contribution in [0.15, 0.2) is 72.8 Å². The number of aromatic amines is 1. The van der Waals surface area contributed by atoms with E-state index in [4.69, 9.17) is 11.6 Å². The minimum atomic E-state index is -0.381. The summed E-state index contributed by atoms with van der Waals surface area (Å²) in [6.45, 7) is 2.70. The molecule has 0 radical (unpaired) electrons. The lowest BCUT2D eigenvalue weighted by Crippen LogP contribution is -2.58. The molecule has 4 nitrogen and oxygen atoms in total. The zero-order valence-electron chi connectivity index (χ0n) is 21.9. The topological polar surface area (TPSA) is 39.3 Å². The van der Waals surface area contributed by atoms with Gasteiger partial charge in [-0.05, 0) is 94.1 Å². The van der Waals surface area contributed by atoms with Gasteiger partial charge in [0.2, 0.25) is 0 Å². The minimum absolute atomic E-state index is 0.0580. The van der Waals surface area contributed by atoms with Crippen LogP contribution >= 0.6 is 11.6 Å². The van der Waals surface area contributed by atoms with Crippen molar-refractivity contribution in [3.63, 3.8) is 0 Å². The number of hydrogen-bond donors (Lipinski definition) is 1. The van der Waals surface area contributed by atoms with Gasteiger partial charge in [-0.1, -0.05) is 60.1 Å². The highest BCUT2D eigenvalue weighted by Crippen LogP contribution is 2.53. The largest absolute Gasteiger partial charge is 0.356 e. The summed E-state index contributed by atoms with van der Waals surface area (Å²) in [6, 6.07) is 25.1. The first-order valence-electron chi connectivity index (χ1n) is 13.3. The second-order valence-electron chi connectivity index (χ2n) is 11.1. The first kappa shape index (κ1) is 24.3. The highest BCUT2D eigenvalue weighted by Gasteiger charge is 2.53. The predicted octanol–water partition coefficient (Wildman–Crippen LogP) is 7.05. The number of amides is 1. The lowest BCUT2D eigenvalue weighted by Gasteiger charge is -2.55. The van der Waals surface area contributed by atoms with Crippen LogP contribution < -0.4 is 0 Å². The molecule has 2 heterocycles. The van der Waals surface area contributed by atoms with Crippen LogP contribution in [0.25, 0.3) is 10.9 Å². The molecular formula is C32H34ClN3O. The first-order chi connectivity index (χ1) is 17.8. The van der Waals surface area contributed by atoms with E-state index < -0.39 is 0 Å². The number of hydrogen-bond acceptors (Lipinski definition) is 2. The third-order valence-corrected chi connectivity index (χ3v) is 9.21. The maximum absolute atomic E-state index is 14.2. The Labute approximate surface area is 224 Å². The van der Waals surface area contributed by atoms with Gasteiger partial charge in [-0.3, -0.25) is 9.69 Å². The predicted molar refractivity (Wildman–Crippen MR) is 151 cm³/mol. The number of H-pyrrole nitrogens is 1. The fourth-order valence-corrected chi connectivity index (χ4v) is 7.37. The number of carbonyl (C=O) groups is 1. The van der Waals surface area contributed by atoms with E-state index in [0.717, 1.165) is 43.2 Å². The standard InChI is InChI=1S/C32H34ClN3O/c1-22-19-23(21-25(33)20-22)30(37)36-18-13-27-26-11-7-8-12-28(26)34-29(27)32(36)16-14-31(15-17-32,35(2)3)24-9-5-4-6-10-24/h4-12,19-21,34H,13-18H2,1-3H3. The molecule has 4 aromatic rings. The van der Waals surface area contributed by atoms with Gasteiger partial charge in [0.15, 0.2) is 0 Å². The molecule has 1 amide bonds. The Morgan fingerprint density at radius 2 is 1.65 bits per heavy atom. The van der Waals surface area contributed by atoms with E-state index in [9.17, 15) is 4.79 Å². The number of fused-ring (bicyclic) bond motifs is 4. The maximum Gasteiger partial charge on any atom is 0.254 e. The fourth-order valence-electron chi connectivity index (χ4n) is 7.08. The van der Waals surface area contributed by atoms with Crippen molar-refractivity contribution in [2.24, 2.45) is 0 Å². The SMILES string of the molecule is Cc1cc(Cl)cc(C(=O)N2CCc3c([nH]c4ccccc34)C23CCC(c2ccccc2)(N(C)C)CC3)c1. The van der Waals surface area contributed by atoms with Gasteiger partial charge in [0.05, 0.1) is 5.54 Å². The van der Waals surface area contributed by atoms with Gasteiger partial charge in [-0.15, -0.1) is 0 Å². The summed E-state index contributed by atoms with van der Waals surface area (Å²) in [7, 11) is 4.38. The van der Waals surface area contributed by atoms with Crippen LogP contribution in [-0.2, 0) is 17.5 Å². The number of nitrogens with one attached hydrogen (secondary N) is 1. The van der Waals surface area contributed by atoms with E-state index in [-0.39, 0.29) is 17.0 Å². The van der Waals surface area contributed by atoms with Crippen LogP contribution in [0, 0.1) is 6.92 Å². The second kappa shape index (κ2) is 9.04. The number of aryl methyl sites for hydroxylation is 1. The van der Waals surface area contributed by atoms with Crippen molar-refractivity contribution in [1.29, 1.82) is 0 Å². The molecule has 6 rings (SSSR count). The van der Waals surface area contributed by atoms with Gasteiger partial charge in [0, 0.05) is 39.3 Å². The van der Waals surface area contributed by atoms with Crippen LogP contribution in [0.5, 0.6) is 0 Å². The van der Waals surface area contributed by atoms with Crippen LogP contribution in [0.3, 0.4) is 0 Å². The normalized spacial score (nSPS) is 23.5. The van der Waals surface area contributed by atoms with Gasteiger partial charge in [0.25, 0.3) is 5.91 Å². The number of rotatable bonds is 3. The molecule has 3 aromatic carbocycles. The molecule has 190 valence electrons. The van der Waals surface area contributed by atoms with E-state index in [2.05, 4.69) is 83.5 Å². The molecular weight excluding hydrogens is 478 g/mol. The van der Waals surface area contributed by atoms with Crippen molar-refractivity contribution in [3.8, 4) is 0 Å². The maximum atomic E-state index is 14.2. The molecule has 0 saturated heterocycles. The molecule has 1 aromatic heterocycles. The molecule has 5 heteroatoms. The summed E-state index contributed by atoms with van der Waals surface area (Å²) in [4.78, 5) is 22.6. The minimum Gasteiger partial charge on any atom is -0.356 e. The number of halogens is 1. The Kier molecular flexibility index (Phi) is 5.93. The summed E-state index contributed by atoms with van der Waals surface area (Å²) >= 11 is 6.40. The van der Waals surface area contributed by atoms with Gasteiger partial charge < -0.3 is 9.88 Å².